The number of benzene rings is 1. The molecule has 1 aromatic rings. The molecule has 1 aliphatic rings. The largest absolute Gasteiger partial charge is 0.417 e. The molecule has 1 heterocycles. The number of alkyl halides is 3. The van der Waals surface area contributed by atoms with Crippen molar-refractivity contribution in [3.63, 3.8) is 0 Å². The van der Waals surface area contributed by atoms with Crippen molar-refractivity contribution in [3.05, 3.63) is 29.3 Å². The molecule has 0 aromatic heterocycles. The zero-order valence-corrected chi connectivity index (χ0v) is 14.4. The fourth-order valence-corrected chi connectivity index (χ4v) is 4.19. The quantitative estimate of drug-likeness (QED) is 0.865. The van der Waals surface area contributed by atoms with E-state index in [-0.39, 0.29) is 31.4 Å². The van der Waals surface area contributed by atoms with E-state index in [0.29, 0.717) is 19.0 Å². The third-order valence-electron chi connectivity index (χ3n) is 3.80. The van der Waals surface area contributed by atoms with E-state index in [0.717, 1.165) is 12.1 Å². The van der Waals surface area contributed by atoms with Crippen LogP contribution in [0.2, 0.25) is 0 Å². The van der Waals surface area contributed by atoms with Crippen LogP contribution in [0.3, 0.4) is 0 Å². The first-order valence-electron chi connectivity index (χ1n) is 6.96. The van der Waals surface area contributed by atoms with Crippen molar-refractivity contribution >= 4 is 22.4 Å². The van der Waals surface area contributed by atoms with Crippen molar-refractivity contribution in [3.8, 4) is 6.07 Å². The van der Waals surface area contributed by atoms with Crippen LogP contribution in [0.5, 0.6) is 0 Å². The van der Waals surface area contributed by atoms with Crippen LogP contribution in [0, 0.1) is 17.2 Å². The molecular formula is C14H17ClF3N3O2S. The van der Waals surface area contributed by atoms with Crippen molar-refractivity contribution in [2.75, 3.05) is 26.7 Å². The van der Waals surface area contributed by atoms with Gasteiger partial charge in [0.2, 0.25) is 10.0 Å². The second-order valence-corrected chi connectivity index (χ2v) is 7.33. The maximum absolute atomic E-state index is 13.0. The molecule has 5 nitrogen and oxygen atoms in total. The molecule has 1 aliphatic heterocycles. The fourth-order valence-electron chi connectivity index (χ4n) is 2.64. The summed E-state index contributed by atoms with van der Waals surface area (Å²) in [6.45, 7) is 1.19. The van der Waals surface area contributed by atoms with E-state index in [4.69, 9.17) is 5.26 Å². The zero-order valence-electron chi connectivity index (χ0n) is 12.8. The smallest absolute Gasteiger partial charge is 0.319 e. The van der Waals surface area contributed by atoms with Gasteiger partial charge in [0.15, 0.2) is 0 Å². The summed E-state index contributed by atoms with van der Waals surface area (Å²) in [5, 5.41) is 11.7. The molecule has 24 heavy (non-hydrogen) atoms. The van der Waals surface area contributed by atoms with E-state index in [1.165, 1.54) is 10.4 Å². The topological polar surface area (TPSA) is 73.2 Å². The molecular weight excluding hydrogens is 367 g/mol. The van der Waals surface area contributed by atoms with E-state index in [1.54, 1.807) is 7.05 Å². The van der Waals surface area contributed by atoms with Gasteiger partial charge in [-0.2, -0.15) is 22.7 Å². The highest BCUT2D eigenvalue weighted by Crippen LogP contribution is 2.34. The lowest BCUT2D eigenvalue weighted by Crippen LogP contribution is -2.30. The average Bonchev–Trinajstić information content (AvgIpc) is 2.95. The average molecular weight is 384 g/mol. The molecule has 0 bridgehead atoms. The van der Waals surface area contributed by atoms with Crippen LogP contribution in [0.1, 0.15) is 17.5 Å². The van der Waals surface area contributed by atoms with Crippen LogP contribution in [0.25, 0.3) is 0 Å². The maximum atomic E-state index is 13.0. The van der Waals surface area contributed by atoms with E-state index in [2.05, 4.69) is 5.32 Å². The van der Waals surface area contributed by atoms with Crippen molar-refractivity contribution < 1.29 is 21.6 Å². The summed E-state index contributed by atoms with van der Waals surface area (Å²) < 4.78 is 65.2. The summed E-state index contributed by atoms with van der Waals surface area (Å²) in [6, 6.07) is 3.93. The molecule has 0 spiro atoms. The molecule has 1 unspecified atom stereocenters. The second kappa shape index (κ2) is 7.70. The molecule has 1 N–H and O–H groups in total. The number of sulfonamides is 1. The van der Waals surface area contributed by atoms with Crippen molar-refractivity contribution in [2.24, 2.45) is 5.92 Å². The van der Waals surface area contributed by atoms with Crippen LogP contribution >= 0.6 is 12.4 Å². The molecule has 134 valence electrons. The Hall–Kier alpha value is -1.34. The standard InChI is InChI=1S/C14H16F3N3O2S.ClH/c1-19-8-10-4-5-20(9-10)23(21,22)12-3-2-11(7-18)13(6-12)14(15,16)17;/h2-3,6,10,19H,4-5,8-9H2,1H3;1H. The molecule has 10 heteroatoms. The molecule has 1 saturated heterocycles. The third kappa shape index (κ3) is 4.19. The predicted molar refractivity (Wildman–Crippen MR) is 84.2 cm³/mol. The van der Waals surface area contributed by atoms with E-state index >= 15 is 0 Å². The van der Waals surface area contributed by atoms with E-state index in [1.807, 2.05) is 0 Å². The molecule has 1 aromatic carbocycles. The van der Waals surface area contributed by atoms with Crippen LogP contribution in [0.15, 0.2) is 23.1 Å². The minimum absolute atomic E-state index is 0. The van der Waals surface area contributed by atoms with Gasteiger partial charge in [-0.3, -0.25) is 0 Å². The second-order valence-electron chi connectivity index (χ2n) is 5.39. The first-order chi connectivity index (χ1) is 10.7. The Morgan fingerprint density at radius 2 is 2.08 bits per heavy atom. The highest BCUT2D eigenvalue weighted by Gasteiger charge is 2.37. The molecule has 1 fully saturated rings. The SMILES string of the molecule is CNCC1CCN(S(=O)(=O)c2ccc(C#N)c(C(F)(F)F)c2)C1.Cl. The number of nitrogens with zero attached hydrogens (tertiary/aromatic N) is 2. The molecule has 0 radical (unpaired) electrons. The third-order valence-corrected chi connectivity index (χ3v) is 5.66. The lowest BCUT2D eigenvalue weighted by Gasteiger charge is -2.18. The summed E-state index contributed by atoms with van der Waals surface area (Å²) in [4.78, 5) is -0.436. The Balaban J connectivity index is 0.00000288. The highest BCUT2D eigenvalue weighted by molar-refractivity contribution is 7.89. The minimum atomic E-state index is -4.78. The van der Waals surface area contributed by atoms with Gasteiger partial charge in [0.05, 0.1) is 22.1 Å². The molecule has 0 saturated carbocycles. The normalized spacial score (nSPS) is 18.9. The molecule has 2 rings (SSSR count). The minimum Gasteiger partial charge on any atom is -0.319 e. The van der Waals surface area contributed by atoms with Gasteiger partial charge in [-0.05, 0) is 44.1 Å². The van der Waals surface area contributed by atoms with Gasteiger partial charge in [0, 0.05) is 13.1 Å². The van der Waals surface area contributed by atoms with Gasteiger partial charge in [0.25, 0.3) is 0 Å². The number of hydrogen-bond acceptors (Lipinski definition) is 4. The van der Waals surface area contributed by atoms with Crippen LogP contribution in [0.4, 0.5) is 13.2 Å². The van der Waals surface area contributed by atoms with Gasteiger partial charge >= 0.3 is 6.18 Å². The van der Waals surface area contributed by atoms with Crippen molar-refractivity contribution in [1.29, 1.82) is 5.26 Å². The summed E-state index contributed by atoms with van der Waals surface area (Å²) in [6.07, 6.45) is -4.13. The lowest BCUT2D eigenvalue weighted by molar-refractivity contribution is -0.137. The van der Waals surface area contributed by atoms with Gasteiger partial charge in [-0.1, -0.05) is 0 Å². The molecule has 0 aliphatic carbocycles. The van der Waals surface area contributed by atoms with Gasteiger partial charge in [-0.15, -0.1) is 12.4 Å². The first-order valence-corrected chi connectivity index (χ1v) is 8.40. The summed E-state index contributed by atoms with van der Waals surface area (Å²) >= 11 is 0. The van der Waals surface area contributed by atoms with Crippen LogP contribution in [-0.2, 0) is 16.2 Å². The number of hydrogen-bond donors (Lipinski definition) is 1. The van der Waals surface area contributed by atoms with E-state index in [9.17, 15) is 21.6 Å². The number of nitrogens with one attached hydrogen (secondary N) is 1. The summed E-state index contributed by atoms with van der Waals surface area (Å²) in [7, 11) is -2.24. The monoisotopic (exact) mass is 383 g/mol. The lowest BCUT2D eigenvalue weighted by atomic mass is 10.1. The Labute approximate surface area is 144 Å². The first kappa shape index (κ1) is 20.7. The van der Waals surface area contributed by atoms with Crippen molar-refractivity contribution in [1.82, 2.24) is 9.62 Å². The molecule has 1 atom stereocenters. The van der Waals surface area contributed by atoms with Gasteiger partial charge in [0.1, 0.15) is 0 Å². The highest BCUT2D eigenvalue weighted by atomic mass is 35.5. The Morgan fingerprint density at radius 1 is 1.42 bits per heavy atom. The Kier molecular flexibility index (Phi) is 6.64. The number of nitriles is 1. The summed E-state index contributed by atoms with van der Waals surface area (Å²) in [5.41, 5.74) is -1.82. The Morgan fingerprint density at radius 3 is 2.62 bits per heavy atom. The predicted octanol–water partition coefficient (Wildman–Crippen LogP) is 2.23. The van der Waals surface area contributed by atoms with Crippen LogP contribution in [-0.4, -0.2) is 39.4 Å². The zero-order chi connectivity index (χ0) is 17.3. The fraction of sp³-hybridized carbons (Fsp3) is 0.500. The number of rotatable bonds is 4. The molecule has 0 amide bonds. The van der Waals surface area contributed by atoms with Gasteiger partial charge < -0.3 is 5.32 Å². The Bertz CT molecular complexity index is 732. The summed E-state index contributed by atoms with van der Waals surface area (Å²) in [5.74, 6) is 0.134. The van der Waals surface area contributed by atoms with E-state index < -0.39 is 32.2 Å². The maximum Gasteiger partial charge on any atom is 0.417 e. The van der Waals surface area contributed by atoms with Crippen LogP contribution < -0.4 is 5.32 Å². The number of halogens is 4. The van der Waals surface area contributed by atoms with Gasteiger partial charge in [-0.25, -0.2) is 8.42 Å². The van der Waals surface area contributed by atoms with Crippen molar-refractivity contribution in [2.45, 2.75) is 17.5 Å².